The molecule has 1 rings (SSSR count). The Bertz CT molecular complexity index is 396. The molecule has 0 aromatic heterocycles. The van der Waals surface area contributed by atoms with Crippen LogP contribution in [0.1, 0.15) is 32.3 Å². The average molecular weight is 294 g/mol. The first-order chi connectivity index (χ1) is 10.2. The van der Waals surface area contributed by atoms with Crippen molar-refractivity contribution in [2.45, 2.75) is 33.2 Å². The molecule has 0 amide bonds. The van der Waals surface area contributed by atoms with Gasteiger partial charge >= 0.3 is 0 Å². The molecule has 0 heterocycles. The molecule has 1 N–H and O–H groups in total. The Labute approximate surface area is 129 Å². The fourth-order valence-corrected chi connectivity index (χ4v) is 2.18. The molecule has 1 aromatic carbocycles. The van der Waals surface area contributed by atoms with Gasteiger partial charge in [-0.2, -0.15) is 0 Å². The number of nitrogens with one attached hydrogen (secondary N) is 1. The molecule has 0 saturated carbocycles. The fourth-order valence-electron chi connectivity index (χ4n) is 2.18. The Hall–Kier alpha value is -1.26. The number of hydrogen-bond donors (Lipinski definition) is 1. The zero-order chi connectivity index (χ0) is 15.5. The molecule has 4 nitrogen and oxygen atoms in total. The Balaban J connectivity index is 2.71. The zero-order valence-electron chi connectivity index (χ0n) is 13.9. The van der Waals surface area contributed by atoms with Crippen molar-refractivity contribution in [2.24, 2.45) is 0 Å². The Kier molecular flexibility index (Phi) is 8.87. The minimum atomic E-state index is 0.690. The van der Waals surface area contributed by atoms with Crippen LogP contribution in [0.2, 0.25) is 0 Å². The zero-order valence-corrected chi connectivity index (χ0v) is 13.9. The SMILES string of the molecule is CCCCN(C)c1ccc(CNCCOC)cc1OCC. The summed E-state index contributed by atoms with van der Waals surface area (Å²) in [7, 11) is 3.85. The summed E-state index contributed by atoms with van der Waals surface area (Å²) in [4.78, 5) is 2.27. The average Bonchev–Trinajstić information content (AvgIpc) is 2.50. The highest BCUT2D eigenvalue weighted by atomic mass is 16.5. The molecule has 0 aliphatic carbocycles. The second-order valence-corrected chi connectivity index (χ2v) is 5.18. The summed E-state index contributed by atoms with van der Waals surface area (Å²) in [6.45, 7) is 8.42. The van der Waals surface area contributed by atoms with Crippen molar-refractivity contribution < 1.29 is 9.47 Å². The van der Waals surface area contributed by atoms with E-state index in [-0.39, 0.29) is 0 Å². The summed E-state index contributed by atoms with van der Waals surface area (Å²) in [5, 5.41) is 3.36. The van der Waals surface area contributed by atoms with Crippen LogP contribution in [0, 0.1) is 0 Å². The van der Waals surface area contributed by atoms with E-state index in [0.29, 0.717) is 6.61 Å². The lowest BCUT2D eigenvalue weighted by atomic mass is 10.1. The first kappa shape index (κ1) is 17.8. The predicted octanol–water partition coefficient (Wildman–Crippen LogP) is 3.06. The molecule has 0 atom stereocenters. The monoisotopic (exact) mass is 294 g/mol. The van der Waals surface area contributed by atoms with Gasteiger partial charge in [0.25, 0.3) is 0 Å². The molecule has 120 valence electrons. The van der Waals surface area contributed by atoms with E-state index in [1.807, 2.05) is 6.92 Å². The highest BCUT2D eigenvalue weighted by Gasteiger charge is 2.09. The maximum absolute atomic E-state index is 5.81. The molecule has 4 heteroatoms. The molecule has 0 radical (unpaired) electrons. The second kappa shape index (κ2) is 10.5. The first-order valence-electron chi connectivity index (χ1n) is 7.89. The molecular formula is C17H30N2O2. The molecule has 0 unspecified atom stereocenters. The van der Waals surface area contributed by atoms with E-state index < -0.39 is 0 Å². The summed E-state index contributed by atoms with van der Waals surface area (Å²) in [5.74, 6) is 0.974. The van der Waals surface area contributed by atoms with Crippen molar-refractivity contribution in [3.8, 4) is 5.75 Å². The molecule has 0 saturated heterocycles. The van der Waals surface area contributed by atoms with Crippen LogP contribution < -0.4 is 15.0 Å². The van der Waals surface area contributed by atoms with Crippen LogP contribution >= 0.6 is 0 Å². The lowest BCUT2D eigenvalue weighted by Crippen LogP contribution is -2.20. The third-order valence-corrected chi connectivity index (χ3v) is 3.39. The van der Waals surface area contributed by atoms with Gasteiger partial charge in [0, 0.05) is 33.8 Å². The van der Waals surface area contributed by atoms with E-state index in [2.05, 4.69) is 42.4 Å². The summed E-state index contributed by atoms with van der Waals surface area (Å²) < 4.78 is 10.8. The van der Waals surface area contributed by atoms with Crippen molar-refractivity contribution in [2.75, 3.05) is 45.4 Å². The van der Waals surface area contributed by atoms with Gasteiger partial charge in [-0.1, -0.05) is 19.4 Å². The quantitative estimate of drug-likeness (QED) is 0.636. The van der Waals surface area contributed by atoms with Crippen LogP contribution in [0.5, 0.6) is 5.75 Å². The van der Waals surface area contributed by atoms with Crippen LogP contribution in [0.15, 0.2) is 18.2 Å². The first-order valence-corrected chi connectivity index (χ1v) is 7.89. The molecule has 0 fully saturated rings. The van der Waals surface area contributed by atoms with Gasteiger partial charge in [0.2, 0.25) is 0 Å². The standard InChI is InChI=1S/C17H30N2O2/c1-5-7-11-19(3)16-9-8-15(13-17(16)21-6-2)14-18-10-12-20-4/h8-9,13,18H,5-7,10-12,14H2,1-4H3. The van der Waals surface area contributed by atoms with Crippen molar-refractivity contribution >= 4 is 5.69 Å². The fraction of sp³-hybridized carbons (Fsp3) is 0.647. The molecule has 0 aliphatic rings. The number of nitrogens with zero attached hydrogens (tertiary/aromatic N) is 1. The number of ether oxygens (including phenoxy) is 2. The van der Waals surface area contributed by atoms with Gasteiger partial charge < -0.3 is 19.7 Å². The summed E-state index contributed by atoms with van der Waals surface area (Å²) in [6.07, 6.45) is 2.40. The second-order valence-electron chi connectivity index (χ2n) is 5.18. The van der Waals surface area contributed by atoms with Crippen molar-refractivity contribution in [3.63, 3.8) is 0 Å². The molecule has 1 aromatic rings. The Morgan fingerprint density at radius 3 is 2.71 bits per heavy atom. The molecule has 0 spiro atoms. The minimum absolute atomic E-state index is 0.690. The summed E-state index contributed by atoms with van der Waals surface area (Å²) in [6, 6.07) is 6.47. The minimum Gasteiger partial charge on any atom is -0.492 e. The van der Waals surface area contributed by atoms with E-state index in [4.69, 9.17) is 9.47 Å². The van der Waals surface area contributed by atoms with Gasteiger partial charge in [0.1, 0.15) is 5.75 Å². The molecule has 0 bridgehead atoms. The van der Waals surface area contributed by atoms with Gasteiger partial charge in [0.15, 0.2) is 0 Å². The van der Waals surface area contributed by atoms with Gasteiger partial charge in [-0.15, -0.1) is 0 Å². The van der Waals surface area contributed by atoms with Gasteiger partial charge in [-0.3, -0.25) is 0 Å². The van der Waals surface area contributed by atoms with Gasteiger partial charge in [0.05, 0.1) is 18.9 Å². The van der Waals surface area contributed by atoms with E-state index in [1.165, 1.54) is 24.1 Å². The summed E-state index contributed by atoms with van der Waals surface area (Å²) >= 11 is 0. The number of rotatable bonds is 11. The van der Waals surface area contributed by atoms with Crippen LogP contribution in [-0.2, 0) is 11.3 Å². The number of hydrogen-bond acceptors (Lipinski definition) is 4. The lowest BCUT2D eigenvalue weighted by Gasteiger charge is -2.22. The third kappa shape index (κ3) is 6.36. The smallest absolute Gasteiger partial charge is 0.142 e. The van der Waals surface area contributed by atoms with Gasteiger partial charge in [-0.05, 0) is 31.0 Å². The van der Waals surface area contributed by atoms with E-state index >= 15 is 0 Å². The number of unbranched alkanes of at least 4 members (excludes halogenated alkanes) is 1. The van der Waals surface area contributed by atoms with E-state index in [0.717, 1.165) is 32.0 Å². The highest BCUT2D eigenvalue weighted by Crippen LogP contribution is 2.29. The van der Waals surface area contributed by atoms with Crippen molar-refractivity contribution in [1.82, 2.24) is 5.32 Å². The number of benzene rings is 1. The Morgan fingerprint density at radius 2 is 2.05 bits per heavy atom. The molecule has 0 aliphatic heterocycles. The van der Waals surface area contributed by atoms with Crippen LogP contribution in [0.4, 0.5) is 5.69 Å². The maximum Gasteiger partial charge on any atom is 0.142 e. The number of methoxy groups -OCH3 is 1. The normalized spacial score (nSPS) is 10.7. The highest BCUT2D eigenvalue weighted by molar-refractivity contribution is 5.59. The molecular weight excluding hydrogens is 264 g/mol. The predicted molar refractivity (Wildman–Crippen MR) is 89.4 cm³/mol. The maximum atomic E-state index is 5.81. The van der Waals surface area contributed by atoms with Crippen LogP contribution in [0.3, 0.4) is 0 Å². The van der Waals surface area contributed by atoms with Gasteiger partial charge in [-0.25, -0.2) is 0 Å². The van der Waals surface area contributed by atoms with E-state index in [9.17, 15) is 0 Å². The summed E-state index contributed by atoms with van der Waals surface area (Å²) in [5.41, 5.74) is 2.41. The van der Waals surface area contributed by atoms with Crippen molar-refractivity contribution in [1.29, 1.82) is 0 Å². The topological polar surface area (TPSA) is 33.7 Å². The van der Waals surface area contributed by atoms with Crippen LogP contribution in [0.25, 0.3) is 0 Å². The largest absolute Gasteiger partial charge is 0.492 e. The number of anilines is 1. The molecule has 21 heavy (non-hydrogen) atoms. The lowest BCUT2D eigenvalue weighted by molar-refractivity contribution is 0.199. The third-order valence-electron chi connectivity index (χ3n) is 3.39. The van der Waals surface area contributed by atoms with Crippen molar-refractivity contribution in [3.05, 3.63) is 23.8 Å². The van der Waals surface area contributed by atoms with Crippen LogP contribution in [-0.4, -0.2) is 40.5 Å². The Morgan fingerprint density at radius 1 is 1.24 bits per heavy atom. The van der Waals surface area contributed by atoms with E-state index in [1.54, 1.807) is 7.11 Å².